The standard InChI is InChI=1S/C10H15NO2/c1-3-9(11)8-6-7(12)4-5-10(8)13-2/h4-6,9,12H,3,11H2,1-2H3. The molecule has 0 heterocycles. The van der Waals surface area contributed by atoms with E-state index in [1.807, 2.05) is 6.92 Å². The lowest BCUT2D eigenvalue weighted by Gasteiger charge is -2.13. The van der Waals surface area contributed by atoms with Crippen molar-refractivity contribution >= 4 is 0 Å². The third-order valence-corrected chi connectivity index (χ3v) is 2.05. The Balaban J connectivity index is 3.07. The monoisotopic (exact) mass is 181 g/mol. The average Bonchev–Trinajstić information content (AvgIpc) is 2.16. The summed E-state index contributed by atoms with van der Waals surface area (Å²) in [5, 5.41) is 9.27. The third-order valence-electron chi connectivity index (χ3n) is 2.05. The molecule has 1 aromatic rings. The lowest BCUT2D eigenvalue weighted by Crippen LogP contribution is -2.09. The number of hydrogen-bond acceptors (Lipinski definition) is 3. The summed E-state index contributed by atoms with van der Waals surface area (Å²) in [7, 11) is 1.60. The van der Waals surface area contributed by atoms with E-state index in [1.54, 1.807) is 25.3 Å². The quantitative estimate of drug-likeness (QED) is 0.747. The highest BCUT2D eigenvalue weighted by Gasteiger charge is 2.10. The minimum Gasteiger partial charge on any atom is -0.508 e. The predicted molar refractivity (Wildman–Crippen MR) is 51.9 cm³/mol. The fraction of sp³-hybridized carbons (Fsp3) is 0.400. The van der Waals surface area contributed by atoms with Crippen molar-refractivity contribution in [3.05, 3.63) is 23.8 Å². The van der Waals surface area contributed by atoms with Gasteiger partial charge in [-0.15, -0.1) is 0 Å². The van der Waals surface area contributed by atoms with Gasteiger partial charge < -0.3 is 15.6 Å². The van der Waals surface area contributed by atoms with E-state index in [4.69, 9.17) is 10.5 Å². The second-order valence-electron chi connectivity index (χ2n) is 2.94. The average molecular weight is 181 g/mol. The molecule has 1 atom stereocenters. The number of phenols is 1. The molecule has 13 heavy (non-hydrogen) atoms. The first-order valence-electron chi connectivity index (χ1n) is 4.31. The molecule has 0 bridgehead atoms. The first-order valence-corrected chi connectivity index (χ1v) is 4.31. The molecule has 1 aromatic carbocycles. The molecule has 0 fully saturated rings. The van der Waals surface area contributed by atoms with E-state index in [-0.39, 0.29) is 11.8 Å². The van der Waals surface area contributed by atoms with Gasteiger partial charge in [0.2, 0.25) is 0 Å². The number of nitrogens with two attached hydrogens (primary N) is 1. The predicted octanol–water partition coefficient (Wildman–Crippen LogP) is 1.81. The van der Waals surface area contributed by atoms with Gasteiger partial charge in [-0.1, -0.05) is 6.92 Å². The van der Waals surface area contributed by atoms with E-state index in [0.29, 0.717) is 0 Å². The first-order chi connectivity index (χ1) is 6.19. The Morgan fingerprint density at radius 2 is 2.23 bits per heavy atom. The number of benzene rings is 1. The summed E-state index contributed by atoms with van der Waals surface area (Å²) in [6.07, 6.45) is 0.819. The summed E-state index contributed by atoms with van der Waals surface area (Å²) >= 11 is 0. The molecule has 0 saturated heterocycles. The molecule has 3 N–H and O–H groups in total. The molecule has 3 nitrogen and oxygen atoms in total. The van der Waals surface area contributed by atoms with Crippen LogP contribution < -0.4 is 10.5 Å². The van der Waals surface area contributed by atoms with Crippen LogP contribution in [-0.4, -0.2) is 12.2 Å². The van der Waals surface area contributed by atoms with Crippen LogP contribution in [0.5, 0.6) is 11.5 Å². The Kier molecular flexibility index (Phi) is 3.14. The van der Waals surface area contributed by atoms with Crippen LogP contribution in [-0.2, 0) is 0 Å². The van der Waals surface area contributed by atoms with Crippen molar-refractivity contribution in [1.29, 1.82) is 0 Å². The summed E-state index contributed by atoms with van der Waals surface area (Å²) in [6, 6.07) is 4.87. The van der Waals surface area contributed by atoms with Crippen LogP contribution in [0.4, 0.5) is 0 Å². The van der Waals surface area contributed by atoms with E-state index in [2.05, 4.69) is 0 Å². The van der Waals surface area contributed by atoms with Crippen LogP contribution in [0, 0.1) is 0 Å². The van der Waals surface area contributed by atoms with Gasteiger partial charge in [0, 0.05) is 11.6 Å². The van der Waals surface area contributed by atoms with Crippen molar-refractivity contribution in [1.82, 2.24) is 0 Å². The molecule has 0 aliphatic carbocycles. The fourth-order valence-electron chi connectivity index (χ4n) is 1.23. The second kappa shape index (κ2) is 4.14. The fourth-order valence-corrected chi connectivity index (χ4v) is 1.23. The van der Waals surface area contributed by atoms with Crippen molar-refractivity contribution in [3.8, 4) is 11.5 Å². The highest BCUT2D eigenvalue weighted by Crippen LogP contribution is 2.28. The van der Waals surface area contributed by atoms with Crippen molar-refractivity contribution < 1.29 is 9.84 Å². The van der Waals surface area contributed by atoms with Gasteiger partial charge in [-0.05, 0) is 24.6 Å². The van der Waals surface area contributed by atoms with Gasteiger partial charge in [-0.25, -0.2) is 0 Å². The topological polar surface area (TPSA) is 55.5 Å². The molecule has 0 saturated carbocycles. The maximum absolute atomic E-state index is 9.27. The van der Waals surface area contributed by atoms with Gasteiger partial charge in [-0.2, -0.15) is 0 Å². The van der Waals surface area contributed by atoms with Crippen LogP contribution in [0.1, 0.15) is 24.9 Å². The SMILES string of the molecule is CCC(N)c1cc(O)ccc1OC. The molecular formula is C10H15NO2. The summed E-state index contributed by atoms with van der Waals surface area (Å²) in [4.78, 5) is 0. The zero-order valence-corrected chi connectivity index (χ0v) is 7.95. The van der Waals surface area contributed by atoms with E-state index < -0.39 is 0 Å². The van der Waals surface area contributed by atoms with Gasteiger partial charge in [0.15, 0.2) is 0 Å². The molecule has 0 radical (unpaired) electrons. The van der Waals surface area contributed by atoms with Crippen molar-refractivity contribution in [2.45, 2.75) is 19.4 Å². The molecule has 1 rings (SSSR count). The second-order valence-corrected chi connectivity index (χ2v) is 2.94. The van der Waals surface area contributed by atoms with Crippen LogP contribution >= 0.6 is 0 Å². The summed E-state index contributed by atoms with van der Waals surface area (Å²) in [6.45, 7) is 1.99. The molecule has 1 unspecified atom stereocenters. The number of aromatic hydroxyl groups is 1. The molecule has 72 valence electrons. The van der Waals surface area contributed by atoms with E-state index in [9.17, 15) is 5.11 Å². The van der Waals surface area contributed by atoms with Gasteiger partial charge in [0.05, 0.1) is 7.11 Å². The molecule has 0 aliphatic heterocycles. The summed E-state index contributed by atoms with van der Waals surface area (Å²) in [5.74, 6) is 0.951. The smallest absolute Gasteiger partial charge is 0.123 e. The zero-order valence-electron chi connectivity index (χ0n) is 7.95. The minimum atomic E-state index is -0.0814. The Morgan fingerprint density at radius 3 is 2.77 bits per heavy atom. The highest BCUT2D eigenvalue weighted by molar-refractivity contribution is 5.41. The lowest BCUT2D eigenvalue weighted by atomic mass is 10.0. The lowest BCUT2D eigenvalue weighted by molar-refractivity contribution is 0.402. The normalized spacial score (nSPS) is 12.5. The van der Waals surface area contributed by atoms with E-state index in [1.165, 1.54) is 0 Å². The highest BCUT2D eigenvalue weighted by atomic mass is 16.5. The van der Waals surface area contributed by atoms with Gasteiger partial charge in [0.25, 0.3) is 0 Å². The Morgan fingerprint density at radius 1 is 1.54 bits per heavy atom. The van der Waals surface area contributed by atoms with Gasteiger partial charge in [0.1, 0.15) is 11.5 Å². The van der Waals surface area contributed by atoms with Crippen molar-refractivity contribution in [2.24, 2.45) is 5.73 Å². The summed E-state index contributed by atoms with van der Waals surface area (Å²) < 4.78 is 5.13. The molecule has 0 spiro atoms. The van der Waals surface area contributed by atoms with Crippen LogP contribution in [0.2, 0.25) is 0 Å². The molecule has 3 heteroatoms. The molecule has 0 aromatic heterocycles. The summed E-state index contributed by atoms with van der Waals surface area (Å²) in [5.41, 5.74) is 6.70. The van der Waals surface area contributed by atoms with Crippen LogP contribution in [0.25, 0.3) is 0 Å². The van der Waals surface area contributed by atoms with Crippen molar-refractivity contribution in [2.75, 3.05) is 7.11 Å². The molecule has 0 aliphatic rings. The molecule has 0 amide bonds. The Hall–Kier alpha value is -1.22. The van der Waals surface area contributed by atoms with Gasteiger partial charge >= 0.3 is 0 Å². The van der Waals surface area contributed by atoms with Crippen LogP contribution in [0.15, 0.2) is 18.2 Å². The number of hydrogen-bond donors (Lipinski definition) is 2. The number of phenolic OH excluding ortho intramolecular Hbond substituents is 1. The number of methoxy groups -OCH3 is 1. The maximum atomic E-state index is 9.27. The first kappa shape index (κ1) is 9.86. The largest absolute Gasteiger partial charge is 0.508 e. The third kappa shape index (κ3) is 2.12. The zero-order chi connectivity index (χ0) is 9.84. The van der Waals surface area contributed by atoms with E-state index >= 15 is 0 Å². The maximum Gasteiger partial charge on any atom is 0.123 e. The number of rotatable bonds is 3. The Bertz CT molecular complexity index is 286. The van der Waals surface area contributed by atoms with E-state index in [0.717, 1.165) is 17.7 Å². The Labute approximate surface area is 78.1 Å². The van der Waals surface area contributed by atoms with Crippen LogP contribution in [0.3, 0.4) is 0 Å². The van der Waals surface area contributed by atoms with Gasteiger partial charge in [-0.3, -0.25) is 0 Å². The molecular weight excluding hydrogens is 166 g/mol. The minimum absolute atomic E-state index is 0.0814. The number of ether oxygens (including phenoxy) is 1. The van der Waals surface area contributed by atoms with Crippen molar-refractivity contribution in [3.63, 3.8) is 0 Å².